The van der Waals surface area contributed by atoms with Gasteiger partial charge in [-0.05, 0) is 18.6 Å². The molecule has 0 saturated carbocycles. The molecule has 5 heteroatoms. The summed E-state index contributed by atoms with van der Waals surface area (Å²) >= 11 is 0. The van der Waals surface area contributed by atoms with E-state index in [1.54, 1.807) is 10.6 Å². The molecule has 0 fully saturated rings. The van der Waals surface area contributed by atoms with Crippen molar-refractivity contribution in [1.82, 2.24) is 4.57 Å². The number of nitrogens with zero attached hydrogens (tertiary/aromatic N) is 1. The fraction of sp³-hybridized carbons (Fsp3) is 0.444. The zero-order valence-electron chi connectivity index (χ0n) is 7.86. The number of carbonyl (C=O) groups excluding carboxylic acids is 1. The summed E-state index contributed by atoms with van der Waals surface area (Å²) < 4.78 is 24.3. The molecule has 1 aliphatic rings. The SMILES string of the molecule is CS(=O)(=O)c1ccc2n1CCCC2=O. The van der Waals surface area contributed by atoms with Crippen LogP contribution in [-0.2, 0) is 16.4 Å². The van der Waals surface area contributed by atoms with E-state index in [2.05, 4.69) is 0 Å². The van der Waals surface area contributed by atoms with E-state index in [1.165, 1.54) is 6.07 Å². The van der Waals surface area contributed by atoms with Gasteiger partial charge in [-0.3, -0.25) is 4.79 Å². The summed E-state index contributed by atoms with van der Waals surface area (Å²) in [6.07, 6.45) is 2.41. The maximum atomic E-state index is 11.4. The number of carbonyl (C=O) groups is 1. The van der Waals surface area contributed by atoms with E-state index >= 15 is 0 Å². The average Bonchev–Trinajstić information content (AvgIpc) is 2.47. The molecule has 1 aromatic heterocycles. The molecule has 0 unspecified atom stereocenters. The maximum Gasteiger partial charge on any atom is 0.190 e. The Morgan fingerprint density at radius 2 is 2.07 bits per heavy atom. The summed E-state index contributed by atoms with van der Waals surface area (Å²) in [5.74, 6) is 0.0335. The highest BCUT2D eigenvalue weighted by molar-refractivity contribution is 7.90. The van der Waals surface area contributed by atoms with Gasteiger partial charge in [0.25, 0.3) is 0 Å². The van der Waals surface area contributed by atoms with Gasteiger partial charge >= 0.3 is 0 Å². The second-order valence-corrected chi connectivity index (χ2v) is 5.47. The van der Waals surface area contributed by atoms with E-state index in [9.17, 15) is 13.2 Å². The minimum absolute atomic E-state index is 0.0335. The van der Waals surface area contributed by atoms with Crippen LogP contribution in [0.5, 0.6) is 0 Å². The van der Waals surface area contributed by atoms with Gasteiger partial charge in [0.05, 0.1) is 5.69 Å². The van der Waals surface area contributed by atoms with Crippen LogP contribution in [0.2, 0.25) is 0 Å². The van der Waals surface area contributed by atoms with Gasteiger partial charge in [-0.25, -0.2) is 8.42 Å². The second kappa shape index (κ2) is 2.95. The second-order valence-electron chi connectivity index (χ2n) is 3.51. The molecular weight excluding hydrogens is 202 g/mol. The molecule has 0 saturated heterocycles. The smallest absolute Gasteiger partial charge is 0.190 e. The molecule has 0 N–H and O–H groups in total. The first kappa shape index (κ1) is 9.45. The maximum absolute atomic E-state index is 11.4. The number of sulfone groups is 1. The largest absolute Gasteiger partial charge is 0.329 e. The molecule has 1 aromatic rings. The fourth-order valence-corrected chi connectivity index (χ4v) is 2.68. The predicted molar refractivity (Wildman–Crippen MR) is 51.1 cm³/mol. The van der Waals surface area contributed by atoms with Crippen molar-refractivity contribution in [3.8, 4) is 0 Å². The van der Waals surface area contributed by atoms with Gasteiger partial charge in [0.2, 0.25) is 0 Å². The van der Waals surface area contributed by atoms with Gasteiger partial charge in [0.15, 0.2) is 15.6 Å². The van der Waals surface area contributed by atoms with Crippen molar-refractivity contribution in [2.75, 3.05) is 6.26 Å². The molecule has 0 aromatic carbocycles. The number of hydrogen-bond donors (Lipinski definition) is 0. The topological polar surface area (TPSA) is 56.1 Å². The molecule has 0 aliphatic carbocycles. The Morgan fingerprint density at radius 3 is 2.71 bits per heavy atom. The lowest BCUT2D eigenvalue weighted by atomic mass is 10.1. The number of rotatable bonds is 1. The molecule has 2 rings (SSSR count). The number of ketones is 1. The summed E-state index contributed by atoms with van der Waals surface area (Å²) in [7, 11) is -3.21. The molecular formula is C9H11NO3S. The Balaban J connectivity index is 2.63. The summed E-state index contributed by atoms with van der Waals surface area (Å²) in [5, 5.41) is 0.251. The molecule has 0 amide bonds. The average molecular weight is 213 g/mol. The quantitative estimate of drug-likeness (QED) is 0.695. The lowest BCUT2D eigenvalue weighted by molar-refractivity contribution is 0.0953. The fourth-order valence-electron chi connectivity index (χ4n) is 1.77. The normalized spacial score (nSPS) is 16.8. The van der Waals surface area contributed by atoms with Crippen molar-refractivity contribution < 1.29 is 13.2 Å². The van der Waals surface area contributed by atoms with Crippen LogP contribution < -0.4 is 0 Å². The highest BCUT2D eigenvalue weighted by atomic mass is 32.2. The number of fused-ring (bicyclic) bond motifs is 1. The van der Waals surface area contributed by atoms with Crippen molar-refractivity contribution >= 4 is 15.6 Å². The first-order chi connectivity index (χ1) is 6.50. The lowest BCUT2D eigenvalue weighted by Gasteiger charge is -2.15. The minimum atomic E-state index is -3.21. The highest BCUT2D eigenvalue weighted by Crippen LogP contribution is 2.21. The third-order valence-corrected chi connectivity index (χ3v) is 3.51. The molecule has 4 nitrogen and oxygen atoms in total. The molecule has 0 bridgehead atoms. The summed E-state index contributed by atoms with van der Waals surface area (Å²) in [6.45, 7) is 0.622. The van der Waals surface area contributed by atoms with Crippen LogP contribution in [0, 0.1) is 0 Å². The lowest BCUT2D eigenvalue weighted by Crippen LogP contribution is -2.19. The van der Waals surface area contributed by atoms with Crippen molar-refractivity contribution in [3.05, 3.63) is 17.8 Å². The predicted octanol–water partition coefficient (Wildman–Crippen LogP) is 0.868. The van der Waals surface area contributed by atoms with E-state index in [-0.39, 0.29) is 10.8 Å². The van der Waals surface area contributed by atoms with Crippen molar-refractivity contribution in [2.45, 2.75) is 24.4 Å². The molecule has 0 spiro atoms. The van der Waals surface area contributed by atoms with Crippen LogP contribution in [0.15, 0.2) is 17.2 Å². The minimum Gasteiger partial charge on any atom is -0.329 e. The van der Waals surface area contributed by atoms with Crippen LogP contribution in [0.4, 0.5) is 0 Å². The Hall–Kier alpha value is -1.10. The van der Waals surface area contributed by atoms with Crippen LogP contribution in [-0.4, -0.2) is 25.0 Å². The number of aromatic nitrogens is 1. The summed E-state index contributed by atoms with van der Waals surface area (Å²) in [5.41, 5.74) is 0.525. The van der Waals surface area contributed by atoms with E-state index in [0.29, 0.717) is 18.7 Å². The van der Waals surface area contributed by atoms with Crippen molar-refractivity contribution in [1.29, 1.82) is 0 Å². The van der Waals surface area contributed by atoms with Gasteiger partial charge in [-0.1, -0.05) is 0 Å². The summed E-state index contributed by atoms with van der Waals surface area (Å²) in [6, 6.07) is 3.10. The van der Waals surface area contributed by atoms with Crippen molar-refractivity contribution in [3.63, 3.8) is 0 Å². The zero-order valence-corrected chi connectivity index (χ0v) is 8.67. The Morgan fingerprint density at radius 1 is 1.36 bits per heavy atom. The van der Waals surface area contributed by atoms with E-state index in [1.807, 2.05) is 0 Å². The Labute approximate surface area is 82.5 Å². The highest BCUT2D eigenvalue weighted by Gasteiger charge is 2.23. The molecule has 14 heavy (non-hydrogen) atoms. The molecule has 0 atom stereocenters. The number of hydrogen-bond acceptors (Lipinski definition) is 3. The third-order valence-electron chi connectivity index (χ3n) is 2.39. The third kappa shape index (κ3) is 1.37. The molecule has 1 aliphatic heterocycles. The van der Waals surface area contributed by atoms with E-state index < -0.39 is 9.84 Å². The number of Topliss-reactive ketones (excluding diaryl/α,β-unsaturated/α-hetero) is 1. The Kier molecular flexibility index (Phi) is 1.99. The van der Waals surface area contributed by atoms with E-state index in [4.69, 9.17) is 0 Å². The Bertz CT molecular complexity index is 484. The van der Waals surface area contributed by atoms with Crippen LogP contribution in [0.1, 0.15) is 23.3 Å². The summed E-state index contributed by atoms with van der Waals surface area (Å²) in [4.78, 5) is 11.4. The first-order valence-corrected chi connectivity index (χ1v) is 6.32. The van der Waals surface area contributed by atoms with Gasteiger partial charge in [0, 0.05) is 19.2 Å². The van der Waals surface area contributed by atoms with Gasteiger partial charge in [-0.15, -0.1) is 0 Å². The molecule has 0 radical (unpaired) electrons. The van der Waals surface area contributed by atoms with Gasteiger partial charge < -0.3 is 4.57 Å². The van der Waals surface area contributed by atoms with Gasteiger partial charge in [0.1, 0.15) is 5.03 Å². The standard InChI is InChI=1S/C9H11NO3S/c1-14(12,13)9-5-4-7-8(11)3-2-6-10(7)9/h4-5H,2-3,6H2,1H3. The van der Waals surface area contributed by atoms with E-state index in [0.717, 1.165) is 12.7 Å². The first-order valence-electron chi connectivity index (χ1n) is 4.43. The van der Waals surface area contributed by atoms with Gasteiger partial charge in [-0.2, -0.15) is 0 Å². The van der Waals surface area contributed by atoms with Crippen LogP contribution in [0.3, 0.4) is 0 Å². The van der Waals surface area contributed by atoms with Crippen LogP contribution in [0.25, 0.3) is 0 Å². The zero-order chi connectivity index (χ0) is 10.3. The monoisotopic (exact) mass is 213 g/mol. The molecule has 2 heterocycles. The van der Waals surface area contributed by atoms with Crippen LogP contribution >= 0.6 is 0 Å². The van der Waals surface area contributed by atoms with Crippen molar-refractivity contribution in [2.24, 2.45) is 0 Å². The molecule has 76 valence electrons.